The summed E-state index contributed by atoms with van der Waals surface area (Å²) in [6, 6.07) is 1.41. The molecule has 0 atom stereocenters. The van der Waals surface area contributed by atoms with E-state index < -0.39 is 5.97 Å². The third-order valence-corrected chi connectivity index (χ3v) is 2.94. The largest absolute Gasteiger partial charge is 0.478 e. The molecule has 1 aliphatic heterocycles. The van der Waals surface area contributed by atoms with Crippen LogP contribution in [0.3, 0.4) is 0 Å². The lowest BCUT2D eigenvalue weighted by Gasteiger charge is -2.16. The number of aromatic carboxylic acids is 1. The normalized spacial score (nSPS) is 14.6. The summed E-state index contributed by atoms with van der Waals surface area (Å²) < 4.78 is 0. The van der Waals surface area contributed by atoms with Gasteiger partial charge in [0.1, 0.15) is 0 Å². The maximum atomic E-state index is 11.8. The van der Waals surface area contributed by atoms with E-state index in [4.69, 9.17) is 5.11 Å². The molecule has 96 valence electrons. The molecule has 6 heteroatoms. The highest BCUT2D eigenvalue weighted by Crippen LogP contribution is 2.13. The highest BCUT2D eigenvalue weighted by atomic mass is 16.4. The van der Waals surface area contributed by atoms with E-state index >= 15 is 0 Å². The van der Waals surface area contributed by atoms with Crippen molar-refractivity contribution in [3.05, 3.63) is 24.0 Å². The van der Waals surface area contributed by atoms with E-state index in [1.165, 1.54) is 18.5 Å². The smallest absolute Gasteiger partial charge is 0.337 e. The van der Waals surface area contributed by atoms with Crippen molar-refractivity contribution in [1.29, 1.82) is 0 Å². The Morgan fingerprint density at radius 3 is 2.78 bits per heavy atom. The van der Waals surface area contributed by atoms with Gasteiger partial charge >= 0.3 is 5.97 Å². The van der Waals surface area contributed by atoms with Gasteiger partial charge in [0.25, 0.3) is 0 Å². The van der Waals surface area contributed by atoms with E-state index in [9.17, 15) is 9.59 Å². The Hall–Kier alpha value is -2.11. The Morgan fingerprint density at radius 2 is 2.11 bits per heavy atom. The lowest BCUT2D eigenvalue weighted by Crippen LogP contribution is -2.33. The number of carbonyl (C=O) groups is 2. The van der Waals surface area contributed by atoms with E-state index in [0.717, 1.165) is 25.9 Å². The fraction of sp³-hybridized carbons (Fsp3) is 0.417. The predicted octanol–water partition coefficient (Wildman–Crippen LogP) is 0.814. The number of amides is 1. The van der Waals surface area contributed by atoms with Gasteiger partial charge in [0.2, 0.25) is 5.91 Å². The van der Waals surface area contributed by atoms with Crippen LogP contribution in [0.1, 0.15) is 23.2 Å². The number of carbonyl (C=O) groups excluding carboxylic acids is 1. The lowest BCUT2D eigenvalue weighted by atomic mass is 10.2. The van der Waals surface area contributed by atoms with Crippen molar-refractivity contribution in [2.45, 2.75) is 12.8 Å². The molecule has 2 heterocycles. The number of likely N-dealkylation sites (tertiary alicyclic amines) is 1. The van der Waals surface area contributed by atoms with Gasteiger partial charge in [0.05, 0.1) is 24.0 Å². The van der Waals surface area contributed by atoms with Crippen LogP contribution >= 0.6 is 0 Å². The minimum atomic E-state index is -1.03. The Kier molecular flexibility index (Phi) is 3.76. The number of hydrogen-bond donors (Lipinski definition) is 2. The molecule has 0 aromatic carbocycles. The van der Waals surface area contributed by atoms with Gasteiger partial charge in [-0.3, -0.25) is 9.78 Å². The van der Waals surface area contributed by atoms with Crippen LogP contribution in [-0.2, 0) is 4.79 Å². The summed E-state index contributed by atoms with van der Waals surface area (Å²) >= 11 is 0. The van der Waals surface area contributed by atoms with Crippen molar-refractivity contribution in [2.75, 3.05) is 25.0 Å². The lowest BCUT2D eigenvalue weighted by molar-refractivity contribution is -0.128. The maximum absolute atomic E-state index is 11.8. The van der Waals surface area contributed by atoms with Crippen LogP contribution in [0.2, 0.25) is 0 Å². The first kappa shape index (κ1) is 12.3. The Morgan fingerprint density at radius 1 is 1.39 bits per heavy atom. The van der Waals surface area contributed by atoms with Crippen LogP contribution in [-0.4, -0.2) is 46.5 Å². The zero-order valence-electron chi connectivity index (χ0n) is 9.93. The van der Waals surface area contributed by atoms with Gasteiger partial charge in [0, 0.05) is 19.3 Å². The number of pyridine rings is 1. The zero-order valence-corrected chi connectivity index (χ0v) is 9.93. The second kappa shape index (κ2) is 5.48. The molecule has 0 radical (unpaired) electrons. The average molecular weight is 249 g/mol. The maximum Gasteiger partial charge on any atom is 0.337 e. The number of carboxylic acids is 1. The third-order valence-electron chi connectivity index (χ3n) is 2.94. The summed E-state index contributed by atoms with van der Waals surface area (Å²) in [4.78, 5) is 28.4. The van der Waals surface area contributed by atoms with Crippen molar-refractivity contribution in [3.63, 3.8) is 0 Å². The van der Waals surface area contributed by atoms with Crippen molar-refractivity contribution < 1.29 is 14.7 Å². The van der Waals surface area contributed by atoms with E-state index in [0.29, 0.717) is 5.69 Å². The SMILES string of the molecule is O=C(O)c1ccncc1NCC(=O)N1CCCC1. The first-order valence-electron chi connectivity index (χ1n) is 5.87. The second-order valence-electron chi connectivity index (χ2n) is 4.17. The highest BCUT2D eigenvalue weighted by molar-refractivity contribution is 5.94. The molecule has 0 spiro atoms. The number of nitrogens with one attached hydrogen (secondary N) is 1. The Bertz CT molecular complexity index is 456. The summed E-state index contributed by atoms with van der Waals surface area (Å²) in [5, 5.41) is 11.8. The van der Waals surface area contributed by atoms with Crippen molar-refractivity contribution in [3.8, 4) is 0 Å². The van der Waals surface area contributed by atoms with Gasteiger partial charge < -0.3 is 15.3 Å². The standard InChI is InChI=1S/C12H15N3O3/c16-11(15-5-1-2-6-15)8-14-10-7-13-4-3-9(10)12(17)18/h3-4,7,14H,1-2,5-6,8H2,(H,17,18). The quantitative estimate of drug-likeness (QED) is 0.825. The summed E-state index contributed by atoms with van der Waals surface area (Å²) in [6.07, 6.45) is 4.91. The Labute approximate surface area is 105 Å². The fourth-order valence-electron chi connectivity index (χ4n) is 1.97. The molecule has 0 unspecified atom stereocenters. The van der Waals surface area contributed by atoms with Crippen LogP contribution in [0.25, 0.3) is 0 Å². The Balaban J connectivity index is 1.97. The molecule has 0 saturated carbocycles. The monoisotopic (exact) mass is 249 g/mol. The molecule has 2 rings (SSSR count). The minimum Gasteiger partial charge on any atom is -0.478 e. The molecule has 1 aromatic heterocycles. The highest BCUT2D eigenvalue weighted by Gasteiger charge is 2.18. The summed E-state index contributed by atoms with van der Waals surface area (Å²) in [7, 11) is 0. The summed E-state index contributed by atoms with van der Waals surface area (Å²) in [5.74, 6) is -1.04. The van der Waals surface area contributed by atoms with Gasteiger partial charge in [-0.15, -0.1) is 0 Å². The first-order chi connectivity index (χ1) is 8.68. The van der Waals surface area contributed by atoms with E-state index in [1.54, 1.807) is 4.90 Å². The molecule has 1 amide bonds. The van der Waals surface area contributed by atoms with Crippen LogP contribution in [0.15, 0.2) is 18.5 Å². The van der Waals surface area contributed by atoms with Gasteiger partial charge in [-0.1, -0.05) is 0 Å². The first-order valence-corrected chi connectivity index (χ1v) is 5.87. The second-order valence-corrected chi connectivity index (χ2v) is 4.17. The molecule has 0 bridgehead atoms. The zero-order chi connectivity index (χ0) is 13.0. The molecule has 0 aliphatic carbocycles. The fourth-order valence-corrected chi connectivity index (χ4v) is 1.97. The molecular weight excluding hydrogens is 234 g/mol. The minimum absolute atomic E-state index is 0.00677. The van der Waals surface area contributed by atoms with Crippen LogP contribution < -0.4 is 5.32 Å². The van der Waals surface area contributed by atoms with Crippen molar-refractivity contribution >= 4 is 17.6 Å². The van der Waals surface area contributed by atoms with Gasteiger partial charge in [-0.25, -0.2) is 4.79 Å². The molecule has 1 fully saturated rings. The van der Waals surface area contributed by atoms with Crippen LogP contribution in [0.5, 0.6) is 0 Å². The molecule has 1 saturated heterocycles. The number of carboxylic acid groups (broad SMARTS) is 1. The number of aromatic nitrogens is 1. The molecule has 2 N–H and O–H groups in total. The van der Waals surface area contributed by atoms with Crippen LogP contribution in [0, 0.1) is 0 Å². The van der Waals surface area contributed by atoms with E-state index in [1.807, 2.05) is 0 Å². The molecular formula is C12H15N3O3. The summed E-state index contributed by atoms with van der Waals surface area (Å²) in [5.41, 5.74) is 0.497. The number of anilines is 1. The molecule has 1 aromatic rings. The van der Waals surface area contributed by atoms with Gasteiger partial charge in [-0.2, -0.15) is 0 Å². The van der Waals surface area contributed by atoms with Crippen LogP contribution in [0.4, 0.5) is 5.69 Å². The third kappa shape index (κ3) is 2.77. The molecule has 6 nitrogen and oxygen atoms in total. The van der Waals surface area contributed by atoms with E-state index in [2.05, 4.69) is 10.3 Å². The average Bonchev–Trinajstić information content (AvgIpc) is 2.90. The number of hydrogen-bond acceptors (Lipinski definition) is 4. The van der Waals surface area contributed by atoms with Crippen molar-refractivity contribution in [1.82, 2.24) is 9.88 Å². The predicted molar refractivity (Wildman–Crippen MR) is 65.5 cm³/mol. The number of rotatable bonds is 4. The van der Waals surface area contributed by atoms with E-state index in [-0.39, 0.29) is 18.0 Å². The molecule has 18 heavy (non-hydrogen) atoms. The summed E-state index contributed by atoms with van der Waals surface area (Å²) in [6.45, 7) is 1.69. The van der Waals surface area contributed by atoms with Crippen molar-refractivity contribution in [2.24, 2.45) is 0 Å². The number of nitrogens with zero attached hydrogens (tertiary/aromatic N) is 2. The molecule has 1 aliphatic rings. The topological polar surface area (TPSA) is 82.5 Å². The van der Waals surface area contributed by atoms with Gasteiger partial charge in [0.15, 0.2) is 0 Å². The van der Waals surface area contributed by atoms with Gasteiger partial charge in [-0.05, 0) is 18.9 Å².